The lowest BCUT2D eigenvalue weighted by atomic mass is 10.1. The molecule has 168 valence electrons. The van der Waals surface area contributed by atoms with Crippen LogP contribution in [0.2, 0.25) is 5.02 Å². The second-order valence-corrected chi connectivity index (χ2v) is 7.75. The van der Waals surface area contributed by atoms with Crippen molar-refractivity contribution in [1.82, 2.24) is 29.9 Å². The van der Waals surface area contributed by atoms with E-state index in [1.54, 1.807) is 17.2 Å². The van der Waals surface area contributed by atoms with Gasteiger partial charge in [-0.3, -0.25) is 4.79 Å². The number of amides is 1. The third-order valence-electron chi connectivity index (χ3n) is 4.92. The number of rotatable bonds is 4. The Morgan fingerprint density at radius 2 is 1.94 bits per heavy atom. The highest BCUT2D eigenvalue weighted by Crippen LogP contribution is 2.34. The summed E-state index contributed by atoms with van der Waals surface area (Å²) >= 11 is 5.95. The van der Waals surface area contributed by atoms with Crippen LogP contribution in [0.1, 0.15) is 34.3 Å². The maximum Gasteiger partial charge on any atom is 0.417 e. The van der Waals surface area contributed by atoms with Crippen molar-refractivity contribution in [2.45, 2.75) is 32.0 Å². The zero-order valence-electron chi connectivity index (χ0n) is 16.9. The topological polar surface area (TPSA) is 86.0 Å². The smallest absolute Gasteiger partial charge is 0.417 e. The van der Waals surface area contributed by atoms with E-state index in [0.29, 0.717) is 37.0 Å². The molecule has 1 unspecified atom stereocenters. The van der Waals surface area contributed by atoms with Crippen molar-refractivity contribution >= 4 is 17.5 Å². The molecule has 8 nitrogen and oxygen atoms in total. The Bertz CT molecular complexity index is 1120. The lowest BCUT2D eigenvalue weighted by Crippen LogP contribution is -2.44. The van der Waals surface area contributed by atoms with E-state index in [4.69, 9.17) is 16.3 Å². The fraction of sp³-hybridized carbons (Fsp3) is 0.350. The summed E-state index contributed by atoms with van der Waals surface area (Å²) in [5, 5.41) is 7.87. The minimum atomic E-state index is -4.55. The van der Waals surface area contributed by atoms with Crippen LogP contribution in [0.3, 0.4) is 0 Å². The number of aromatic nitrogens is 5. The maximum absolute atomic E-state index is 13.3. The number of likely N-dealkylation sites (tertiary alicyclic amines) is 1. The van der Waals surface area contributed by atoms with Crippen LogP contribution in [0.4, 0.5) is 13.2 Å². The molecular weight excluding hydrogens is 449 g/mol. The molecule has 1 aliphatic rings. The fourth-order valence-electron chi connectivity index (χ4n) is 3.42. The van der Waals surface area contributed by atoms with Gasteiger partial charge in [-0.15, -0.1) is 4.80 Å². The zero-order valence-corrected chi connectivity index (χ0v) is 17.6. The summed E-state index contributed by atoms with van der Waals surface area (Å²) in [5.41, 5.74) is 0.185. The van der Waals surface area contributed by atoms with Gasteiger partial charge in [-0.05, 0) is 37.5 Å². The molecule has 3 aromatic heterocycles. The molecule has 4 heterocycles. The normalized spacial score (nSPS) is 16.8. The molecule has 3 aromatic rings. The molecule has 0 N–H and O–H groups in total. The average Bonchev–Trinajstić information content (AvgIpc) is 3.29. The van der Waals surface area contributed by atoms with Crippen molar-refractivity contribution in [1.29, 1.82) is 0 Å². The Kier molecular flexibility index (Phi) is 6.00. The van der Waals surface area contributed by atoms with Gasteiger partial charge < -0.3 is 9.64 Å². The monoisotopic (exact) mass is 466 g/mol. The number of ether oxygens (including phenoxy) is 1. The first-order chi connectivity index (χ1) is 15.2. The lowest BCUT2D eigenvalue weighted by molar-refractivity contribution is -0.137. The number of pyridine rings is 2. The van der Waals surface area contributed by atoms with Crippen LogP contribution in [0.15, 0.2) is 36.9 Å². The van der Waals surface area contributed by atoms with Gasteiger partial charge in [-0.2, -0.15) is 23.4 Å². The van der Waals surface area contributed by atoms with Crippen molar-refractivity contribution in [2.75, 3.05) is 13.1 Å². The molecule has 0 aromatic carbocycles. The van der Waals surface area contributed by atoms with E-state index in [2.05, 4.69) is 20.2 Å². The van der Waals surface area contributed by atoms with Crippen LogP contribution >= 0.6 is 11.6 Å². The van der Waals surface area contributed by atoms with Gasteiger partial charge in [-0.25, -0.2) is 9.97 Å². The second kappa shape index (κ2) is 8.73. The minimum absolute atomic E-state index is 0.0994. The molecule has 1 atom stereocenters. The predicted octanol–water partition coefficient (Wildman–Crippen LogP) is 3.72. The Hall–Kier alpha value is -3.21. The van der Waals surface area contributed by atoms with Crippen LogP contribution in [-0.2, 0) is 6.18 Å². The number of piperidine rings is 1. The van der Waals surface area contributed by atoms with Gasteiger partial charge in [-0.1, -0.05) is 11.6 Å². The highest BCUT2D eigenvalue weighted by atomic mass is 35.5. The molecule has 1 amide bonds. The van der Waals surface area contributed by atoms with Crippen LogP contribution in [0.5, 0.6) is 5.88 Å². The van der Waals surface area contributed by atoms with Gasteiger partial charge in [0.15, 0.2) is 5.82 Å². The Balaban J connectivity index is 1.52. The second-order valence-electron chi connectivity index (χ2n) is 7.34. The van der Waals surface area contributed by atoms with E-state index in [0.717, 1.165) is 11.6 Å². The first-order valence-corrected chi connectivity index (χ1v) is 10.1. The molecule has 0 radical (unpaired) electrons. The summed E-state index contributed by atoms with van der Waals surface area (Å²) in [6, 6.07) is 2.49. The summed E-state index contributed by atoms with van der Waals surface area (Å²) < 4.78 is 44.2. The summed E-state index contributed by atoms with van der Waals surface area (Å²) in [4.78, 5) is 24.2. The van der Waals surface area contributed by atoms with Gasteiger partial charge in [0.1, 0.15) is 11.1 Å². The first-order valence-electron chi connectivity index (χ1n) is 9.74. The molecule has 1 fully saturated rings. The van der Waals surface area contributed by atoms with Gasteiger partial charge in [0.25, 0.3) is 5.91 Å². The average molecular weight is 467 g/mol. The number of carbonyl (C=O) groups is 1. The molecule has 0 saturated carbocycles. The van der Waals surface area contributed by atoms with E-state index in [9.17, 15) is 18.0 Å². The summed E-state index contributed by atoms with van der Waals surface area (Å²) in [6.07, 6.45) is 1.49. The number of nitrogens with zero attached hydrogens (tertiary/aromatic N) is 6. The number of halogens is 4. The van der Waals surface area contributed by atoms with E-state index in [1.165, 1.54) is 17.2 Å². The fourth-order valence-corrected chi connectivity index (χ4v) is 3.63. The van der Waals surface area contributed by atoms with Gasteiger partial charge >= 0.3 is 6.18 Å². The number of hydrogen-bond acceptors (Lipinski definition) is 6. The molecule has 4 rings (SSSR count). The molecule has 0 spiro atoms. The summed E-state index contributed by atoms with van der Waals surface area (Å²) in [6.45, 7) is 2.54. The standard InChI is InChI=1S/C20H18ClF3N6O2/c1-12-7-15(17(25-9-12)30-27-4-5-28-30)19(31)29-6-2-3-14(11-29)32-18-16(21)8-13(10-26-18)20(22,23)24/h4-5,7-10,14H,2-3,6,11H2,1H3. The third-order valence-corrected chi connectivity index (χ3v) is 5.19. The molecule has 12 heteroatoms. The van der Waals surface area contributed by atoms with Crippen molar-refractivity contribution < 1.29 is 22.7 Å². The van der Waals surface area contributed by atoms with Crippen LogP contribution in [-0.4, -0.2) is 55.0 Å². The van der Waals surface area contributed by atoms with E-state index < -0.39 is 17.8 Å². The predicted molar refractivity (Wildman–Crippen MR) is 108 cm³/mol. The van der Waals surface area contributed by atoms with Crippen LogP contribution in [0.25, 0.3) is 5.82 Å². The van der Waals surface area contributed by atoms with E-state index in [-0.39, 0.29) is 23.4 Å². The highest BCUT2D eigenvalue weighted by molar-refractivity contribution is 6.31. The molecule has 0 bridgehead atoms. The maximum atomic E-state index is 13.3. The SMILES string of the molecule is Cc1cnc(-n2nccn2)c(C(=O)N2CCCC(Oc3ncc(C(F)(F)F)cc3Cl)C2)c1. The molecule has 0 aliphatic carbocycles. The van der Waals surface area contributed by atoms with Crippen molar-refractivity contribution in [3.63, 3.8) is 0 Å². The van der Waals surface area contributed by atoms with Gasteiger partial charge in [0, 0.05) is 18.9 Å². The molecular formula is C20H18ClF3N6O2. The van der Waals surface area contributed by atoms with E-state index >= 15 is 0 Å². The molecule has 32 heavy (non-hydrogen) atoms. The summed E-state index contributed by atoms with van der Waals surface area (Å²) in [5.74, 6) is -0.0630. The number of hydrogen-bond donors (Lipinski definition) is 0. The first kappa shape index (κ1) is 22.0. The largest absolute Gasteiger partial charge is 0.471 e. The number of aryl methyl sites for hydroxylation is 1. The van der Waals surface area contributed by atoms with Crippen LogP contribution < -0.4 is 4.74 Å². The zero-order chi connectivity index (χ0) is 22.9. The number of carbonyl (C=O) groups excluding carboxylic acids is 1. The molecule has 1 saturated heterocycles. The van der Waals surface area contributed by atoms with Crippen LogP contribution in [0, 0.1) is 6.92 Å². The molecule has 1 aliphatic heterocycles. The third kappa shape index (κ3) is 4.67. The van der Waals surface area contributed by atoms with Crippen molar-refractivity contribution in [2.24, 2.45) is 0 Å². The van der Waals surface area contributed by atoms with Gasteiger partial charge in [0.2, 0.25) is 5.88 Å². The Morgan fingerprint density at radius 1 is 1.19 bits per heavy atom. The minimum Gasteiger partial charge on any atom is -0.471 e. The number of alkyl halides is 3. The van der Waals surface area contributed by atoms with Crippen molar-refractivity contribution in [3.05, 3.63) is 58.6 Å². The lowest BCUT2D eigenvalue weighted by Gasteiger charge is -2.33. The highest BCUT2D eigenvalue weighted by Gasteiger charge is 2.33. The summed E-state index contributed by atoms with van der Waals surface area (Å²) in [7, 11) is 0. The Morgan fingerprint density at radius 3 is 2.62 bits per heavy atom. The van der Waals surface area contributed by atoms with E-state index in [1.807, 2.05) is 6.92 Å². The Labute approximate surface area is 186 Å². The van der Waals surface area contributed by atoms with Gasteiger partial charge in [0.05, 0.1) is 30.1 Å². The van der Waals surface area contributed by atoms with Crippen molar-refractivity contribution in [3.8, 4) is 11.7 Å². The quantitative estimate of drug-likeness (QED) is 0.582.